The summed E-state index contributed by atoms with van der Waals surface area (Å²) in [7, 11) is 0. The zero-order chi connectivity index (χ0) is 17.7. The van der Waals surface area contributed by atoms with Gasteiger partial charge < -0.3 is 20.9 Å². The summed E-state index contributed by atoms with van der Waals surface area (Å²) in [4.78, 5) is 7.86. The van der Waals surface area contributed by atoms with Gasteiger partial charge in [-0.25, -0.2) is 4.98 Å². The molecule has 0 unspecified atom stereocenters. The minimum Gasteiger partial charge on any atom is -0.492 e. The van der Waals surface area contributed by atoms with Crippen molar-refractivity contribution < 1.29 is 9.47 Å². The molecule has 1 aromatic heterocycles. The zero-order valence-electron chi connectivity index (χ0n) is 14.2. The molecule has 0 radical (unpaired) electrons. The van der Waals surface area contributed by atoms with Gasteiger partial charge in [0.2, 0.25) is 5.95 Å². The fourth-order valence-corrected chi connectivity index (χ4v) is 2.72. The molecule has 0 aliphatic carbocycles. The number of benzene rings is 1. The Morgan fingerprint density at radius 2 is 1.92 bits per heavy atom. The Morgan fingerprint density at radius 1 is 1.17 bits per heavy atom. The predicted octanol–water partition coefficient (Wildman–Crippen LogP) is 4.34. The van der Waals surface area contributed by atoms with Crippen molar-refractivity contribution in [2.75, 3.05) is 18.1 Å². The Labute approximate surface area is 156 Å². The summed E-state index contributed by atoms with van der Waals surface area (Å²) >= 11 is 2.25. The van der Waals surface area contributed by atoms with Crippen LogP contribution in [-0.2, 0) is 0 Å². The molecule has 0 bridgehead atoms. The van der Waals surface area contributed by atoms with E-state index in [1.54, 1.807) is 0 Å². The minimum absolute atomic E-state index is 0.123. The Balaban J connectivity index is 2.33. The third kappa shape index (κ3) is 4.62. The van der Waals surface area contributed by atoms with Crippen LogP contribution >= 0.6 is 22.6 Å². The van der Waals surface area contributed by atoms with Gasteiger partial charge in [-0.1, -0.05) is 27.2 Å². The number of nitrogens with zero attached hydrogens (tertiary/aromatic N) is 2. The molecular formula is C17H23IN4O2. The van der Waals surface area contributed by atoms with Crippen LogP contribution in [0.3, 0.4) is 0 Å². The number of nitrogen functional groups attached to an aromatic ring is 2. The fraction of sp³-hybridized carbons (Fsp3) is 0.412. The van der Waals surface area contributed by atoms with Gasteiger partial charge in [0.05, 0.1) is 16.4 Å². The third-order valence-corrected chi connectivity index (χ3v) is 4.31. The van der Waals surface area contributed by atoms with Crippen molar-refractivity contribution in [3.8, 4) is 17.2 Å². The average Bonchev–Trinajstić information content (AvgIpc) is 2.52. The standard InChI is InChI=1S/C17H23IN4O2/c1-4-5-6-23-14-7-11(10(2)3)13(8-12(14)18)24-15-9-21-17(20)22-16(15)19/h7-10H,4-6H2,1-3H3,(H4,19,20,21,22). The quantitative estimate of drug-likeness (QED) is 0.489. The summed E-state index contributed by atoms with van der Waals surface area (Å²) in [6.45, 7) is 7.06. The van der Waals surface area contributed by atoms with Crippen LogP contribution in [0.5, 0.6) is 17.2 Å². The second kappa shape index (κ2) is 8.36. The molecule has 0 spiro atoms. The highest BCUT2D eigenvalue weighted by atomic mass is 127. The summed E-state index contributed by atoms with van der Waals surface area (Å²) in [5.74, 6) is 2.59. The van der Waals surface area contributed by atoms with E-state index in [9.17, 15) is 0 Å². The van der Waals surface area contributed by atoms with Crippen LogP contribution in [0.25, 0.3) is 0 Å². The van der Waals surface area contributed by atoms with Gasteiger partial charge >= 0.3 is 0 Å². The van der Waals surface area contributed by atoms with Crippen molar-refractivity contribution in [1.29, 1.82) is 0 Å². The lowest BCUT2D eigenvalue weighted by Gasteiger charge is -2.17. The third-order valence-electron chi connectivity index (χ3n) is 3.46. The van der Waals surface area contributed by atoms with Crippen LogP contribution in [0.1, 0.15) is 45.1 Å². The van der Waals surface area contributed by atoms with Crippen molar-refractivity contribution in [3.05, 3.63) is 27.5 Å². The Hall–Kier alpha value is -1.77. The molecule has 2 rings (SSSR count). The molecule has 130 valence electrons. The topological polar surface area (TPSA) is 96.3 Å². The number of ether oxygens (including phenoxy) is 2. The van der Waals surface area contributed by atoms with E-state index in [1.807, 2.05) is 12.1 Å². The van der Waals surface area contributed by atoms with E-state index in [2.05, 4.69) is 53.3 Å². The molecule has 7 heteroatoms. The van der Waals surface area contributed by atoms with Crippen molar-refractivity contribution in [2.24, 2.45) is 0 Å². The second-order valence-electron chi connectivity index (χ2n) is 5.76. The number of nitrogens with two attached hydrogens (primary N) is 2. The molecule has 0 aliphatic rings. The lowest BCUT2D eigenvalue weighted by molar-refractivity contribution is 0.306. The first-order chi connectivity index (χ1) is 11.4. The molecule has 1 heterocycles. The molecule has 0 amide bonds. The molecule has 1 aromatic carbocycles. The summed E-state index contributed by atoms with van der Waals surface area (Å²) in [5.41, 5.74) is 12.4. The van der Waals surface area contributed by atoms with Crippen molar-refractivity contribution in [2.45, 2.75) is 39.5 Å². The number of rotatable bonds is 7. The van der Waals surface area contributed by atoms with Crippen LogP contribution in [0.2, 0.25) is 0 Å². The van der Waals surface area contributed by atoms with Crippen LogP contribution < -0.4 is 20.9 Å². The van der Waals surface area contributed by atoms with Crippen LogP contribution in [-0.4, -0.2) is 16.6 Å². The fourth-order valence-electron chi connectivity index (χ4n) is 2.12. The van der Waals surface area contributed by atoms with Crippen molar-refractivity contribution in [1.82, 2.24) is 9.97 Å². The number of unbranched alkanes of at least 4 members (excludes halogenated alkanes) is 1. The van der Waals surface area contributed by atoms with E-state index < -0.39 is 0 Å². The number of hydrogen-bond donors (Lipinski definition) is 2. The number of aromatic nitrogens is 2. The van der Waals surface area contributed by atoms with E-state index >= 15 is 0 Å². The maximum Gasteiger partial charge on any atom is 0.222 e. The van der Waals surface area contributed by atoms with Crippen molar-refractivity contribution >= 4 is 34.4 Å². The van der Waals surface area contributed by atoms with E-state index in [4.69, 9.17) is 20.9 Å². The van der Waals surface area contributed by atoms with E-state index in [1.165, 1.54) is 6.20 Å². The smallest absolute Gasteiger partial charge is 0.222 e. The SMILES string of the molecule is CCCCOc1cc(C(C)C)c(Oc2cnc(N)nc2N)cc1I. The van der Waals surface area contributed by atoms with Gasteiger partial charge in [-0.05, 0) is 47.1 Å². The molecule has 4 N–H and O–H groups in total. The highest BCUT2D eigenvalue weighted by molar-refractivity contribution is 14.1. The van der Waals surface area contributed by atoms with Crippen LogP contribution in [0.4, 0.5) is 11.8 Å². The maximum atomic E-state index is 5.95. The molecule has 6 nitrogen and oxygen atoms in total. The second-order valence-corrected chi connectivity index (χ2v) is 6.92. The maximum absolute atomic E-state index is 5.95. The van der Waals surface area contributed by atoms with Gasteiger partial charge in [-0.2, -0.15) is 4.98 Å². The highest BCUT2D eigenvalue weighted by Gasteiger charge is 2.16. The van der Waals surface area contributed by atoms with E-state index in [0.717, 1.165) is 33.5 Å². The molecule has 0 atom stereocenters. The first-order valence-electron chi connectivity index (χ1n) is 7.94. The van der Waals surface area contributed by atoms with Gasteiger partial charge in [-0.15, -0.1) is 0 Å². The first kappa shape index (κ1) is 18.6. The monoisotopic (exact) mass is 442 g/mol. The largest absolute Gasteiger partial charge is 0.492 e. The molecule has 0 saturated carbocycles. The lowest BCUT2D eigenvalue weighted by Crippen LogP contribution is -2.04. The van der Waals surface area contributed by atoms with Crippen LogP contribution in [0.15, 0.2) is 18.3 Å². The van der Waals surface area contributed by atoms with Gasteiger partial charge in [-0.3, -0.25) is 0 Å². The lowest BCUT2D eigenvalue weighted by atomic mass is 10.0. The molecule has 0 fully saturated rings. The molecule has 2 aromatic rings. The number of anilines is 2. The molecule has 0 saturated heterocycles. The normalized spacial score (nSPS) is 10.9. The van der Waals surface area contributed by atoms with E-state index in [0.29, 0.717) is 12.4 Å². The molecule has 0 aliphatic heterocycles. The number of halogens is 1. The summed E-state index contributed by atoms with van der Waals surface area (Å²) in [6.07, 6.45) is 3.62. The average molecular weight is 442 g/mol. The zero-order valence-corrected chi connectivity index (χ0v) is 16.3. The minimum atomic E-state index is 0.123. The van der Waals surface area contributed by atoms with Gasteiger partial charge in [0.1, 0.15) is 11.5 Å². The Morgan fingerprint density at radius 3 is 2.54 bits per heavy atom. The molecule has 24 heavy (non-hydrogen) atoms. The molecular weight excluding hydrogens is 419 g/mol. The highest BCUT2D eigenvalue weighted by Crippen LogP contribution is 2.37. The summed E-state index contributed by atoms with van der Waals surface area (Å²) in [5, 5.41) is 0. The van der Waals surface area contributed by atoms with E-state index in [-0.39, 0.29) is 17.7 Å². The predicted molar refractivity (Wildman–Crippen MR) is 105 cm³/mol. The Bertz CT molecular complexity index is 707. The number of hydrogen-bond acceptors (Lipinski definition) is 6. The first-order valence-corrected chi connectivity index (χ1v) is 9.02. The van der Waals surface area contributed by atoms with Gasteiger partial charge in [0.15, 0.2) is 11.6 Å². The summed E-state index contributed by atoms with van der Waals surface area (Å²) in [6, 6.07) is 3.98. The summed E-state index contributed by atoms with van der Waals surface area (Å²) < 4.78 is 12.8. The van der Waals surface area contributed by atoms with Crippen molar-refractivity contribution in [3.63, 3.8) is 0 Å². The van der Waals surface area contributed by atoms with Crippen LogP contribution in [0, 0.1) is 3.57 Å². The Kier molecular flexibility index (Phi) is 6.47. The van der Waals surface area contributed by atoms with Gasteiger partial charge in [0, 0.05) is 5.56 Å². The van der Waals surface area contributed by atoms with Gasteiger partial charge in [0.25, 0.3) is 0 Å².